The van der Waals surface area contributed by atoms with Gasteiger partial charge < -0.3 is 24.9 Å². The lowest BCUT2D eigenvalue weighted by Crippen LogP contribution is -2.57. The minimum atomic E-state index is -2.14. The Morgan fingerprint density at radius 2 is 2.09 bits per heavy atom. The van der Waals surface area contributed by atoms with Gasteiger partial charge in [0.1, 0.15) is 5.69 Å². The molecule has 32 heavy (non-hydrogen) atoms. The highest BCUT2D eigenvalue weighted by molar-refractivity contribution is 9.10. The predicted molar refractivity (Wildman–Crippen MR) is 130 cm³/mol. The molecule has 0 spiro atoms. The van der Waals surface area contributed by atoms with Gasteiger partial charge in [0.25, 0.3) is 0 Å². The van der Waals surface area contributed by atoms with E-state index in [0.29, 0.717) is 17.4 Å². The molecule has 11 heteroatoms. The first-order valence-corrected chi connectivity index (χ1v) is 14.5. The molecular formula is C21H34BrN3O6Si. The molecule has 0 saturated carbocycles. The topological polar surface area (TPSA) is 125 Å². The Labute approximate surface area is 198 Å². The van der Waals surface area contributed by atoms with Crippen LogP contribution in [0.2, 0.25) is 18.1 Å². The number of nitro groups is 1. The number of hydrogen-bond donors (Lipinski definition) is 3. The summed E-state index contributed by atoms with van der Waals surface area (Å²) >= 11 is 3.18. The van der Waals surface area contributed by atoms with E-state index in [-0.39, 0.29) is 35.5 Å². The summed E-state index contributed by atoms with van der Waals surface area (Å²) in [7, 11) is -2.14. The van der Waals surface area contributed by atoms with Gasteiger partial charge in [-0.1, -0.05) is 26.8 Å². The number of nitrogens with zero attached hydrogens (tertiary/aromatic N) is 2. The Morgan fingerprint density at radius 3 is 2.66 bits per heavy atom. The summed E-state index contributed by atoms with van der Waals surface area (Å²) in [5.41, 5.74) is 0.180. The van der Waals surface area contributed by atoms with E-state index in [4.69, 9.17) is 4.43 Å². The van der Waals surface area contributed by atoms with Crippen LogP contribution in [0.1, 0.15) is 40.0 Å². The first-order chi connectivity index (χ1) is 14.7. The minimum Gasteiger partial charge on any atom is -0.465 e. The first-order valence-electron chi connectivity index (χ1n) is 10.8. The molecular weight excluding hydrogens is 498 g/mol. The number of hydrogen-bond acceptors (Lipinski definition) is 6. The number of aliphatic hydroxyl groups excluding tert-OH is 1. The molecule has 2 rings (SSSR count). The second kappa shape index (κ2) is 10.5. The molecule has 1 saturated heterocycles. The van der Waals surface area contributed by atoms with Crippen LogP contribution in [0.25, 0.3) is 0 Å². The fraction of sp³-hybridized carbons (Fsp3) is 0.667. The van der Waals surface area contributed by atoms with Gasteiger partial charge in [-0.05, 0) is 65.5 Å². The molecule has 1 unspecified atom stereocenters. The normalized spacial score (nSPS) is 20.7. The number of benzene rings is 1. The minimum absolute atomic E-state index is 0.0249. The molecule has 180 valence electrons. The van der Waals surface area contributed by atoms with Crippen molar-refractivity contribution in [1.29, 1.82) is 0 Å². The highest BCUT2D eigenvalue weighted by Crippen LogP contribution is 2.39. The lowest BCUT2D eigenvalue weighted by Gasteiger charge is -2.46. The van der Waals surface area contributed by atoms with E-state index >= 15 is 0 Å². The standard InChI is InChI=1S/C21H34BrN3O6Si/c1-21(2,3)32(4,5)31-18-10-7-11-24(20(27)28)17(18)12-14(26)13-23-16-9-6-8-15(22)19(16)25(29)30/h6,8-9,14,17-18,23,26H,7,10-13H2,1-5H3,(H,27,28)/t14?,17-,18+/m1/s1. The van der Waals surface area contributed by atoms with Crippen LogP contribution >= 0.6 is 15.9 Å². The maximum atomic E-state index is 11.9. The molecule has 1 aromatic rings. The number of aliphatic hydroxyl groups is 1. The Kier molecular flexibility index (Phi) is 8.71. The SMILES string of the molecule is CC(C)(C)[Si](C)(C)O[C@H]1CCCN(C(=O)O)[C@@H]1CC(O)CNc1cccc(Br)c1[N+](=O)[O-]. The van der Waals surface area contributed by atoms with Crippen molar-refractivity contribution in [1.82, 2.24) is 4.90 Å². The molecule has 0 aliphatic carbocycles. The number of rotatable bonds is 8. The maximum absolute atomic E-state index is 11.9. The summed E-state index contributed by atoms with van der Waals surface area (Å²) in [5, 5.41) is 34.7. The fourth-order valence-corrected chi connectivity index (χ4v) is 5.56. The second-order valence-corrected chi connectivity index (χ2v) is 15.4. The molecule has 1 aliphatic heterocycles. The number of para-hydroxylation sites is 1. The van der Waals surface area contributed by atoms with Crippen LogP contribution in [-0.2, 0) is 4.43 Å². The second-order valence-electron chi connectivity index (χ2n) is 9.77. The van der Waals surface area contributed by atoms with Crippen LogP contribution in [-0.4, -0.2) is 65.8 Å². The number of piperidine rings is 1. The monoisotopic (exact) mass is 531 g/mol. The van der Waals surface area contributed by atoms with Crippen LogP contribution in [0.15, 0.2) is 22.7 Å². The zero-order valence-electron chi connectivity index (χ0n) is 19.3. The quantitative estimate of drug-likeness (QED) is 0.243. The molecule has 9 nitrogen and oxygen atoms in total. The Hall–Kier alpha value is -1.69. The maximum Gasteiger partial charge on any atom is 0.407 e. The summed E-state index contributed by atoms with van der Waals surface area (Å²) in [6.45, 7) is 11.1. The summed E-state index contributed by atoms with van der Waals surface area (Å²) in [5.74, 6) is 0. The van der Waals surface area contributed by atoms with E-state index in [2.05, 4.69) is 55.1 Å². The lowest BCUT2D eigenvalue weighted by atomic mass is 9.94. The summed E-state index contributed by atoms with van der Waals surface area (Å²) in [4.78, 5) is 24.1. The molecule has 3 atom stereocenters. The van der Waals surface area contributed by atoms with Gasteiger partial charge in [-0.2, -0.15) is 0 Å². The fourth-order valence-electron chi connectivity index (χ4n) is 3.66. The van der Waals surface area contributed by atoms with Crippen LogP contribution in [0.5, 0.6) is 0 Å². The van der Waals surface area contributed by atoms with Gasteiger partial charge in [-0.25, -0.2) is 4.79 Å². The Bertz CT molecular complexity index is 832. The van der Waals surface area contributed by atoms with Crippen molar-refractivity contribution in [3.63, 3.8) is 0 Å². The van der Waals surface area contributed by atoms with Gasteiger partial charge in [-0.15, -0.1) is 0 Å². The summed E-state index contributed by atoms with van der Waals surface area (Å²) < 4.78 is 6.91. The number of carbonyl (C=O) groups is 1. The number of nitrogens with one attached hydrogen (secondary N) is 1. The van der Waals surface area contributed by atoms with E-state index in [0.717, 1.165) is 6.42 Å². The lowest BCUT2D eigenvalue weighted by molar-refractivity contribution is -0.384. The molecule has 0 radical (unpaired) electrons. The van der Waals surface area contributed by atoms with Crippen molar-refractivity contribution < 1.29 is 24.4 Å². The summed E-state index contributed by atoms with van der Waals surface area (Å²) in [6, 6.07) is 4.34. The molecule has 3 N–H and O–H groups in total. The van der Waals surface area contributed by atoms with Crippen molar-refractivity contribution in [3.05, 3.63) is 32.8 Å². The first kappa shape index (κ1) is 26.6. The van der Waals surface area contributed by atoms with Crippen molar-refractivity contribution in [2.75, 3.05) is 18.4 Å². The van der Waals surface area contributed by atoms with Crippen LogP contribution in [0.4, 0.5) is 16.2 Å². The van der Waals surface area contributed by atoms with Gasteiger partial charge in [0.05, 0.1) is 27.6 Å². The van der Waals surface area contributed by atoms with Crippen molar-refractivity contribution >= 4 is 41.7 Å². The zero-order chi connectivity index (χ0) is 24.3. The number of halogens is 1. The van der Waals surface area contributed by atoms with Gasteiger partial charge in [0, 0.05) is 13.1 Å². The van der Waals surface area contributed by atoms with Gasteiger partial charge in [0.15, 0.2) is 8.32 Å². The van der Waals surface area contributed by atoms with Gasteiger partial charge in [-0.3, -0.25) is 10.1 Å². The summed E-state index contributed by atoms with van der Waals surface area (Å²) in [6.07, 6.45) is -0.611. The van der Waals surface area contributed by atoms with Crippen molar-refractivity contribution in [2.24, 2.45) is 0 Å². The number of likely N-dealkylation sites (tertiary alicyclic amines) is 1. The Morgan fingerprint density at radius 1 is 1.44 bits per heavy atom. The average molecular weight is 533 g/mol. The highest BCUT2D eigenvalue weighted by atomic mass is 79.9. The van der Waals surface area contributed by atoms with Crippen molar-refractivity contribution in [3.8, 4) is 0 Å². The van der Waals surface area contributed by atoms with E-state index in [1.807, 2.05) is 0 Å². The largest absolute Gasteiger partial charge is 0.465 e. The number of amides is 1. The molecule has 1 aromatic carbocycles. The molecule has 1 aliphatic rings. The van der Waals surface area contributed by atoms with Crippen LogP contribution < -0.4 is 5.32 Å². The van der Waals surface area contributed by atoms with Gasteiger partial charge >= 0.3 is 11.8 Å². The number of anilines is 1. The number of nitro benzene ring substituents is 1. The third-order valence-electron chi connectivity index (χ3n) is 6.43. The molecule has 1 heterocycles. The van der Waals surface area contributed by atoms with Crippen molar-refractivity contribution in [2.45, 2.75) is 76.4 Å². The highest BCUT2D eigenvalue weighted by Gasteiger charge is 2.44. The molecule has 1 fully saturated rings. The number of carboxylic acid groups (broad SMARTS) is 1. The van der Waals surface area contributed by atoms with E-state index < -0.39 is 31.5 Å². The predicted octanol–water partition coefficient (Wildman–Crippen LogP) is 5.05. The smallest absolute Gasteiger partial charge is 0.407 e. The van der Waals surface area contributed by atoms with Crippen LogP contribution in [0, 0.1) is 10.1 Å². The van der Waals surface area contributed by atoms with E-state index in [1.54, 1.807) is 18.2 Å². The molecule has 1 amide bonds. The Balaban J connectivity index is 2.15. The van der Waals surface area contributed by atoms with Gasteiger partial charge in [0.2, 0.25) is 0 Å². The third-order valence-corrected chi connectivity index (χ3v) is 11.6. The molecule has 0 bridgehead atoms. The third kappa shape index (κ3) is 6.43. The zero-order valence-corrected chi connectivity index (χ0v) is 21.9. The van der Waals surface area contributed by atoms with E-state index in [1.165, 1.54) is 4.90 Å². The van der Waals surface area contributed by atoms with E-state index in [9.17, 15) is 25.1 Å². The average Bonchev–Trinajstić information content (AvgIpc) is 2.66. The molecule has 0 aromatic heterocycles. The van der Waals surface area contributed by atoms with Crippen LogP contribution in [0.3, 0.4) is 0 Å².